The minimum Gasteiger partial charge on any atom is -0.377 e. The third kappa shape index (κ3) is 4.51. The molecule has 1 aliphatic rings. The van der Waals surface area contributed by atoms with Gasteiger partial charge in [0.25, 0.3) is 11.5 Å². The fourth-order valence-corrected chi connectivity index (χ4v) is 5.00. The topological polar surface area (TPSA) is 110 Å². The zero-order valence-electron chi connectivity index (χ0n) is 20.5. The molecule has 0 fully saturated rings. The molecule has 3 aromatic heterocycles. The average molecular weight is 543 g/mol. The Labute approximate surface area is 221 Å². The molecule has 4 aromatic rings. The van der Waals surface area contributed by atoms with Crippen LogP contribution in [0.3, 0.4) is 0 Å². The lowest BCUT2D eigenvalue weighted by atomic mass is 10.0. The summed E-state index contributed by atoms with van der Waals surface area (Å²) in [4.78, 5) is 36.9. The van der Waals surface area contributed by atoms with E-state index in [4.69, 9.17) is 16.6 Å². The van der Waals surface area contributed by atoms with E-state index in [9.17, 15) is 14.0 Å². The summed E-state index contributed by atoms with van der Waals surface area (Å²) in [6, 6.07) is 5.21. The lowest BCUT2D eigenvalue weighted by molar-refractivity contribution is 0.0980. The number of carbonyl (C=O) groups excluding carboxylic acids is 1. The van der Waals surface area contributed by atoms with Gasteiger partial charge in [0.1, 0.15) is 11.0 Å². The highest BCUT2D eigenvalue weighted by Gasteiger charge is 2.27. The van der Waals surface area contributed by atoms with E-state index in [1.165, 1.54) is 16.7 Å². The van der Waals surface area contributed by atoms with E-state index in [-0.39, 0.29) is 21.8 Å². The fraction of sp³-hybridized carbons (Fsp3) is 0.292. The van der Waals surface area contributed by atoms with Gasteiger partial charge in [-0.25, -0.2) is 14.4 Å². The predicted molar refractivity (Wildman–Crippen MR) is 142 cm³/mol. The number of amides is 1. The number of fused-ring (bicyclic) bond motifs is 2. The SMILES string of the molecule is CSNC(=O)c1nc(Cl)ccc1NC(C)c1cc(F)cc2c(=O)n(C)c(N3Cc4cnn(C)c4C3)nc12. The number of rotatable bonds is 6. The van der Waals surface area contributed by atoms with Crippen LogP contribution in [-0.2, 0) is 27.2 Å². The first-order valence-electron chi connectivity index (χ1n) is 11.4. The van der Waals surface area contributed by atoms with Crippen molar-refractivity contribution in [2.45, 2.75) is 26.1 Å². The molecule has 2 N–H and O–H groups in total. The molecule has 0 aliphatic carbocycles. The number of hydrogen-bond acceptors (Lipinski definition) is 8. The zero-order valence-corrected chi connectivity index (χ0v) is 22.1. The molecule has 1 unspecified atom stereocenters. The second-order valence-corrected chi connectivity index (χ2v) is 9.79. The first-order chi connectivity index (χ1) is 17.7. The molecular formula is C24H24ClFN8O2S. The second kappa shape index (κ2) is 9.67. The number of halogens is 2. The van der Waals surface area contributed by atoms with Crippen LogP contribution >= 0.6 is 23.5 Å². The molecular weight excluding hydrogens is 519 g/mol. The molecule has 1 aliphatic heterocycles. The van der Waals surface area contributed by atoms with Gasteiger partial charge in [0.05, 0.1) is 41.1 Å². The number of aromatic nitrogens is 5. The highest BCUT2D eigenvalue weighted by molar-refractivity contribution is 7.97. The van der Waals surface area contributed by atoms with Gasteiger partial charge < -0.3 is 10.2 Å². The number of carbonyl (C=O) groups is 1. The molecule has 0 saturated heterocycles. The van der Waals surface area contributed by atoms with Gasteiger partial charge in [-0.3, -0.25) is 23.6 Å². The first kappa shape index (κ1) is 25.0. The van der Waals surface area contributed by atoms with Crippen LogP contribution in [0.4, 0.5) is 16.0 Å². The fourth-order valence-electron chi connectivity index (χ4n) is 4.57. The molecule has 5 rings (SSSR count). The van der Waals surface area contributed by atoms with Crippen LogP contribution < -0.4 is 20.5 Å². The van der Waals surface area contributed by atoms with Crippen molar-refractivity contribution in [3.8, 4) is 0 Å². The summed E-state index contributed by atoms with van der Waals surface area (Å²) >= 11 is 7.16. The Morgan fingerprint density at radius 1 is 1.22 bits per heavy atom. The Balaban J connectivity index is 1.57. The molecule has 37 heavy (non-hydrogen) atoms. The van der Waals surface area contributed by atoms with Gasteiger partial charge in [-0.15, -0.1) is 0 Å². The van der Waals surface area contributed by atoms with Gasteiger partial charge in [0, 0.05) is 38.0 Å². The van der Waals surface area contributed by atoms with Gasteiger partial charge in [-0.2, -0.15) is 5.10 Å². The monoisotopic (exact) mass is 542 g/mol. The number of anilines is 2. The van der Waals surface area contributed by atoms with E-state index < -0.39 is 17.8 Å². The Morgan fingerprint density at radius 3 is 2.73 bits per heavy atom. The largest absolute Gasteiger partial charge is 0.377 e. The van der Waals surface area contributed by atoms with Gasteiger partial charge >= 0.3 is 0 Å². The Hall–Kier alpha value is -3.64. The third-order valence-corrected chi connectivity index (χ3v) is 6.99. The van der Waals surface area contributed by atoms with Crippen molar-refractivity contribution in [2.75, 3.05) is 16.5 Å². The maximum atomic E-state index is 14.7. The third-order valence-electron chi connectivity index (χ3n) is 6.39. The van der Waals surface area contributed by atoms with E-state index in [2.05, 4.69) is 20.1 Å². The number of pyridine rings is 1. The van der Waals surface area contributed by atoms with Crippen LogP contribution in [-0.4, -0.2) is 36.5 Å². The average Bonchev–Trinajstić information content (AvgIpc) is 3.44. The standard InChI is InChI=1S/C24H24ClFN8O2S/c1-12(28-17-5-6-19(25)29-21(17)22(35)31-37-4)15-7-14(26)8-16-20(15)30-24(32(2)23(16)36)34-10-13-9-27-33(3)18(13)11-34/h5-9,12,28H,10-11H2,1-4H3,(H,31,35). The van der Waals surface area contributed by atoms with E-state index in [0.29, 0.717) is 35.8 Å². The van der Waals surface area contributed by atoms with E-state index in [1.807, 2.05) is 22.8 Å². The molecule has 4 heterocycles. The molecule has 0 spiro atoms. The quantitative estimate of drug-likeness (QED) is 0.281. The first-order valence-corrected chi connectivity index (χ1v) is 13.0. The molecule has 13 heteroatoms. The molecule has 10 nitrogen and oxygen atoms in total. The second-order valence-electron chi connectivity index (χ2n) is 8.79. The normalized spacial score (nSPS) is 13.6. The van der Waals surface area contributed by atoms with Crippen molar-refractivity contribution in [1.82, 2.24) is 29.0 Å². The summed E-state index contributed by atoms with van der Waals surface area (Å²) in [6.45, 7) is 2.91. The summed E-state index contributed by atoms with van der Waals surface area (Å²) in [7, 11) is 3.51. The van der Waals surface area contributed by atoms with Crippen molar-refractivity contribution in [3.05, 3.63) is 74.3 Å². The van der Waals surface area contributed by atoms with Crippen molar-refractivity contribution in [1.29, 1.82) is 0 Å². The van der Waals surface area contributed by atoms with Gasteiger partial charge in [0.15, 0.2) is 5.69 Å². The highest BCUT2D eigenvalue weighted by Crippen LogP contribution is 2.31. The maximum absolute atomic E-state index is 14.7. The Bertz CT molecular complexity index is 1600. The Morgan fingerprint density at radius 2 is 2.00 bits per heavy atom. The van der Waals surface area contributed by atoms with Crippen molar-refractivity contribution in [3.63, 3.8) is 0 Å². The molecule has 0 bridgehead atoms. The van der Waals surface area contributed by atoms with Crippen molar-refractivity contribution >= 4 is 52.0 Å². The number of nitrogens with zero attached hydrogens (tertiary/aromatic N) is 6. The van der Waals surface area contributed by atoms with Crippen LogP contribution in [0.15, 0.2) is 35.3 Å². The molecule has 192 valence electrons. The van der Waals surface area contributed by atoms with Crippen molar-refractivity contribution < 1.29 is 9.18 Å². The van der Waals surface area contributed by atoms with Gasteiger partial charge in [-0.1, -0.05) is 23.5 Å². The lowest BCUT2D eigenvalue weighted by Crippen LogP contribution is -2.29. The Kier molecular flexibility index (Phi) is 6.54. The molecule has 1 aromatic carbocycles. The summed E-state index contributed by atoms with van der Waals surface area (Å²) in [6.07, 6.45) is 3.53. The summed E-state index contributed by atoms with van der Waals surface area (Å²) < 4.78 is 20.6. The summed E-state index contributed by atoms with van der Waals surface area (Å²) in [5, 5.41) is 7.84. The molecule has 0 saturated carbocycles. The van der Waals surface area contributed by atoms with E-state index >= 15 is 0 Å². The smallest absolute Gasteiger partial charge is 0.281 e. The van der Waals surface area contributed by atoms with Crippen LogP contribution in [0, 0.1) is 5.82 Å². The van der Waals surface area contributed by atoms with E-state index in [0.717, 1.165) is 23.2 Å². The highest BCUT2D eigenvalue weighted by atomic mass is 35.5. The molecule has 1 atom stereocenters. The van der Waals surface area contributed by atoms with Crippen LogP contribution in [0.25, 0.3) is 10.9 Å². The number of hydrogen-bond donors (Lipinski definition) is 2. The van der Waals surface area contributed by atoms with Gasteiger partial charge in [0.2, 0.25) is 5.95 Å². The van der Waals surface area contributed by atoms with E-state index in [1.54, 1.807) is 32.4 Å². The lowest BCUT2D eigenvalue weighted by Gasteiger charge is -2.23. The number of aryl methyl sites for hydroxylation is 1. The van der Waals surface area contributed by atoms with Gasteiger partial charge in [-0.05, 0) is 31.2 Å². The van der Waals surface area contributed by atoms with Crippen molar-refractivity contribution in [2.24, 2.45) is 14.1 Å². The molecule has 1 amide bonds. The summed E-state index contributed by atoms with van der Waals surface area (Å²) in [5.74, 6) is -0.509. The zero-order chi connectivity index (χ0) is 26.4. The number of benzene rings is 1. The maximum Gasteiger partial charge on any atom is 0.281 e. The summed E-state index contributed by atoms with van der Waals surface area (Å²) in [5.41, 5.74) is 3.13. The molecule has 0 radical (unpaired) electrons. The van der Waals surface area contributed by atoms with Crippen LogP contribution in [0.1, 0.15) is 40.3 Å². The van der Waals surface area contributed by atoms with Crippen LogP contribution in [0.2, 0.25) is 5.15 Å². The predicted octanol–water partition coefficient (Wildman–Crippen LogP) is 3.56. The number of nitrogens with one attached hydrogen (secondary N) is 2. The minimum atomic E-state index is -0.558. The minimum absolute atomic E-state index is 0.0995. The van der Waals surface area contributed by atoms with Crippen LogP contribution in [0.5, 0.6) is 0 Å².